The molecule has 0 unspecified atom stereocenters. The molecule has 0 aliphatic rings. The quantitative estimate of drug-likeness (QED) is 0.901. The number of hydrogen-bond acceptors (Lipinski definition) is 3. The summed E-state index contributed by atoms with van der Waals surface area (Å²) < 4.78 is 5.28. The zero-order valence-corrected chi connectivity index (χ0v) is 10.8. The molecule has 1 N–H and O–H groups in total. The molecule has 18 heavy (non-hydrogen) atoms. The Morgan fingerprint density at radius 3 is 2.72 bits per heavy atom. The summed E-state index contributed by atoms with van der Waals surface area (Å²) in [6.45, 7) is 3.78. The smallest absolute Gasteiger partial charge is 0.254 e. The Kier molecular flexibility index (Phi) is 3.46. The van der Waals surface area contributed by atoms with Gasteiger partial charge in [0.1, 0.15) is 11.6 Å². The molecule has 0 aliphatic heterocycles. The van der Waals surface area contributed by atoms with Gasteiger partial charge in [0.15, 0.2) is 0 Å². The number of para-hydroxylation sites is 1. The highest BCUT2D eigenvalue weighted by molar-refractivity contribution is 5.64. The molecular formula is C14H16N2O2. The van der Waals surface area contributed by atoms with Crippen molar-refractivity contribution in [3.05, 3.63) is 45.9 Å². The van der Waals surface area contributed by atoms with Crippen molar-refractivity contribution in [2.24, 2.45) is 0 Å². The van der Waals surface area contributed by atoms with Crippen molar-refractivity contribution < 1.29 is 4.74 Å². The van der Waals surface area contributed by atoms with E-state index >= 15 is 0 Å². The Morgan fingerprint density at radius 1 is 1.33 bits per heavy atom. The summed E-state index contributed by atoms with van der Waals surface area (Å²) in [7, 11) is 1.60. The first-order valence-corrected chi connectivity index (χ1v) is 5.90. The van der Waals surface area contributed by atoms with E-state index in [0.717, 1.165) is 17.7 Å². The van der Waals surface area contributed by atoms with E-state index in [1.165, 1.54) is 0 Å². The summed E-state index contributed by atoms with van der Waals surface area (Å²) in [5, 5.41) is 0. The minimum absolute atomic E-state index is 0.0947. The van der Waals surface area contributed by atoms with Gasteiger partial charge in [-0.2, -0.15) is 0 Å². The van der Waals surface area contributed by atoms with E-state index < -0.39 is 0 Å². The van der Waals surface area contributed by atoms with Crippen LogP contribution >= 0.6 is 0 Å². The lowest BCUT2D eigenvalue weighted by atomic mass is 10.1. The molecule has 94 valence electrons. The van der Waals surface area contributed by atoms with Crippen LogP contribution in [0.15, 0.2) is 29.1 Å². The molecule has 0 amide bonds. The number of nitrogens with one attached hydrogen (secondary N) is 1. The van der Waals surface area contributed by atoms with Crippen molar-refractivity contribution in [1.82, 2.24) is 9.97 Å². The van der Waals surface area contributed by atoms with Crippen molar-refractivity contribution >= 4 is 0 Å². The normalized spacial score (nSPS) is 10.4. The van der Waals surface area contributed by atoms with Crippen LogP contribution in [0.4, 0.5) is 0 Å². The van der Waals surface area contributed by atoms with Gasteiger partial charge in [-0.1, -0.05) is 19.1 Å². The molecule has 1 heterocycles. The maximum atomic E-state index is 11.9. The molecule has 0 saturated carbocycles. The minimum Gasteiger partial charge on any atom is -0.496 e. The van der Waals surface area contributed by atoms with E-state index in [1.54, 1.807) is 14.0 Å². The Hall–Kier alpha value is -2.10. The Morgan fingerprint density at radius 2 is 2.06 bits per heavy atom. The molecule has 0 fully saturated rings. The van der Waals surface area contributed by atoms with Crippen LogP contribution in [0, 0.1) is 6.92 Å². The third-order valence-corrected chi connectivity index (χ3v) is 2.95. The van der Waals surface area contributed by atoms with E-state index in [-0.39, 0.29) is 5.56 Å². The maximum absolute atomic E-state index is 11.9. The fraction of sp³-hybridized carbons (Fsp3) is 0.286. The number of ether oxygens (including phenoxy) is 1. The Bertz CT molecular complexity index is 617. The molecule has 2 rings (SSSR count). The summed E-state index contributed by atoms with van der Waals surface area (Å²) in [6.07, 6.45) is 0.734. The highest BCUT2D eigenvalue weighted by atomic mass is 16.5. The summed E-state index contributed by atoms with van der Waals surface area (Å²) >= 11 is 0. The highest BCUT2D eigenvalue weighted by Crippen LogP contribution is 2.26. The highest BCUT2D eigenvalue weighted by Gasteiger charge is 2.11. The standard InChI is InChI=1S/C14H16N2O2/c1-4-11-9(2)14(17)16-13(15-11)10-7-5-6-8-12(10)18-3/h5-8H,4H2,1-3H3,(H,15,16,17). The molecule has 0 radical (unpaired) electrons. The van der Waals surface area contributed by atoms with Crippen LogP contribution in [0.25, 0.3) is 11.4 Å². The largest absolute Gasteiger partial charge is 0.496 e. The van der Waals surface area contributed by atoms with Crippen molar-refractivity contribution in [2.75, 3.05) is 7.11 Å². The fourth-order valence-electron chi connectivity index (χ4n) is 1.89. The van der Waals surface area contributed by atoms with Gasteiger partial charge in [0.05, 0.1) is 18.4 Å². The predicted molar refractivity (Wildman–Crippen MR) is 71.0 cm³/mol. The zero-order chi connectivity index (χ0) is 13.1. The first-order chi connectivity index (χ1) is 8.67. The second-order valence-corrected chi connectivity index (χ2v) is 4.04. The molecule has 4 heteroatoms. The summed E-state index contributed by atoms with van der Waals surface area (Å²) in [5.74, 6) is 1.26. The lowest BCUT2D eigenvalue weighted by Gasteiger charge is -2.09. The SMILES string of the molecule is CCc1nc(-c2ccccc2OC)[nH]c(=O)c1C. The van der Waals surface area contributed by atoms with Crippen LogP contribution in [-0.4, -0.2) is 17.1 Å². The average Bonchev–Trinajstić information content (AvgIpc) is 2.41. The van der Waals surface area contributed by atoms with Crippen LogP contribution in [0.5, 0.6) is 5.75 Å². The molecule has 0 saturated heterocycles. The van der Waals surface area contributed by atoms with Crippen molar-refractivity contribution in [2.45, 2.75) is 20.3 Å². The number of aromatic amines is 1. The Balaban J connectivity index is 2.64. The maximum Gasteiger partial charge on any atom is 0.254 e. The Labute approximate surface area is 106 Å². The number of H-pyrrole nitrogens is 1. The van der Waals surface area contributed by atoms with Gasteiger partial charge in [-0.05, 0) is 25.5 Å². The molecule has 0 spiro atoms. The van der Waals surface area contributed by atoms with Crippen LogP contribution in [-0.2, 0) is 6.42 Å². The first-order valence-electron chi connectivity index (χ1n) is 5.90. The third-order valence-electron chi connectivity index (χ3n) is 2.95. The summed E-state index contributed by atoms with van der Waals surface area (Å²) in [6, 6.07) is 7.51. The van der Waals surface area contributed by atoms with Crippen molar-refractivity contribution in [1.29, 1.82) is 0 Å². The van der Waals surface area contributed by atoms with Gasteiger partial charge in [-0.25, -0.2) is 4.98 Å². The van der Waals surface area contributed by atoms with Crippen LogP contribution < -0.4 is 10.3 Å². The minimum atomic E-state index is -0.0947. The second kappa shape index (κ2) is 5.04. The molecule has 0 bridgehead atoms. The number of aryl methyl sites for hydroxylation is 1. The number of nitrogens with zero attached hydrogens (tertiary/aromatic N) is 1. The molecule has 0 atom stereocenters. The second-order valence-electron chi connectivity index (χ2n) is 4.04. The van der Waals surface area contributed by atoms with Gasteiger partial charge in [0.2, 0.25) is 0 Å². The number of hydrogen-bond donors (Lipinski definition) is 1. The van der Waals surface area contributed by atoms with Gasteiger partial charge in [-0.15, -0.1) is 0 Å². The van der Waals surface area contributed by atoms with Gasteiger partial charge in [0, 0.05) is 5.56 Å². The summed E-state index contributed by atoms with van der Waals surface area (Å²) in [5.41, 5.74) is 2.20. The van der Waals surface area contributed by atoms with E-state index in [2.05, 4.69) is 9.97 Å². The van der Waals surface area contributed by atoms with Crippen LogP contribution in [0.1, 0.15) is 18.2 Å². The number of methoxy groups -OCH3 is 1. The van der Waals surface area contributed by atoms with E-state index in [1.807, 2.05) is 31.2 Å². The van der Waals surface area contributed by atoms with Gasteiger partial charge < -0.3 is 9.72 Å². The van der Waals surface area contributed by atoms with E-state index in [4.69, 9.17) is 4.74 Å². The van der Waals surface area contributed by atoms with E-state index in [0.29, 0.717) is 17.1 Å². The topological polar surface area (TPSA) is 55.0 Å². The third kappa shape index (κ3) is 2.14. The lowest BCUT2D eigenvalue weighted by Crippen LogP contribution is -2.15. The van der Waals surface area contributed by atoms with Crippen molar-refractivity contribution in [3.8, 4) is 17.1 Å². The molecule has 4 nitrogen and oxygen atoms in total. The molecule has 2 aromatic rings. The first kappa shape index (κ1) is 12.4. The van der Waals surface area contributed by atoms with Crippen LogP contribution in [0.2, 0.25) is 0 Å². The predicted octanol–water partition coefficient (Wildman–Crippen LogP) is 2.32. The molecular weight excluding hydrogens is 228 g/mol. The zero-order valence-electron chi connectivity index (χ0n) is 10.8. The lowest BCUT2D eigenvalue weighted by molar-refractivity contribution is 0.416. The molecule has 1 aromatic heterocycles. The van der Waals surface area contributed by atoms with Crippen molar-refractivity contribution in [3.63, 3.8) is 0 Å². The van der Waals surface area contributed by atoms with Gasteiger partial charge in [0.25, 0.3) is 5.56 Å². The number of aromatic nitrogens is 2. The average molecular weight is 244 g/mol. The molecule has 0 aliphatic carbocycles. The summed E-state index contributed by atoms with van der Waals surface area (Å²) in [4.78, 5) is 19.1. The monoisotopic (exact) mass is 244 g/mol. The molecule has 1 aromatic carbocycles. The van der Waals surface area contributed by atoms with Crippen LogP contribution in [0.3, 0.4) is 0 Å². The number of benzene rings is 1. The number of rotatable bonds is 3. The fourth-order valence-corrected chi connectivity index (χ4v) is 1.89. The van der Waals surface area contributed by atoms with Gasteiger partial charge in [-0.3, -0.25) is 4.79 Å². The van der Waals surface area contributed by atoms with E-state index in [9.17, 15) is 4.79 Å². The van der Waals surface area contributed by atoms with Gasteiger partial charge >= 0.3 is 0 Å².